The lowest BCUT2D eigenvalue weighted by atomic mass is 9.93. The molecule has 1 aliphatic rings. The van der Waals surface area contributed by atoms with Crippen molar-refractivity contribution in [1.82, 2.24) is 14.3 Å². The molecule has 2 aromatic rings. The highest BCUT2D eigenvalue weighted by Gasteiger charge is 2.33. The van der Waals surface area contributed by atoms with Crippen LogP contribution in [0.15, 0.2) is 18.2 Å². The molecule has 0 spiro atoms. The van der Waals surface area contributed by atoms with Gasteiger partial charge in [0.15, 0.2) is 0 Å². The highest BCUT2D eigenvalue weighted by Crippen LogP contribution is 2.37. The molecule has 1 saturated heterocycles. The Bertz CT molecular complexity index is 678. The summed E-state index contributed by atoms with van der Waals surface area (Å²) in [6.07, 6.45) is 1.91. The Hall–Kier alpha value is -1.24. The van der Waals surface area contributed by atoms with Crippen molar-refractivity contribution in [2.75, 3.05) is 25.5 Å². The van der Waals surface area contributed by atoms with Crippen LogP contribution in [-0.2, 0) is 6.42 Å². The van der Waals surface area contributed by atoms with Crippen LogP contribution < -0.4 is 5.32 Å². The van der Waals surface area contributed by atoms with Crippen LogP contribution in [0.5, 0.6) is 0 Å². The fraction of sp³-hybridized carbons (Fsp3) is 0.500. The van der Waals surface area contributed by atoms with Gasteiger partial charge in [-0.05, 0) is 43.6 Å². The van der Waals surface area contributed by atoms with E-state index in [1.807, 2.05) is 13.0 Å². The predicted molar refractivity (Wildman–Crippen MR) is 92.7 cm³/mol. The molecule has 2 heterocycles. The number of hydrogen-bond donors (Lipinski definition) is 1. The highest BCUT2D eigenvalue weighted by molar-refractivity contribution is 7.09. The van der Waals surface area contributed by atoms with Crippen LogP contribution in [0, 0.1) is 11.7 Å². The lowest BCUT2D eigenvalue weighted by Gasteiger charge is -2.26. The van der Waals surface area contributed by atoms with Gasteiger partial charge in [-0.1, -0.05) is 24.6 Å². The van der Waals surface area contributed by atoms with Gasteiger partial charge in [-0.25, -0.2) is 9.37 Å². The molecule has 1 aromatic heterocycles. The van der Waals surface area contributed by atoms with E-state index in [9.17, 15) is 4.39 Å². The molecular weight excluding hydrogens is 335 g/mol. The molecule has 0 saturated carbocycles. The topological polar surface area (TPSA) is 41.1 Å². The Balaban J connectivity index is 1.71. The van der Waals surface area contributed by atoms with Crippen LogP contribution in [0.2, 0.25) is 5.02 Å². The summed E-state index contributed by atoms with van der Waals surface area (Å²) >= 11 is 7.20. The largest absolute Gasteiger partial charge is 0.360 e. The van der Waals surface area contributed by atoms with E-state index in [0.29, 0.717) is 5.92 Å². The minimum absolute atomic E-state index is 0.171. The lowest BCUT2D eigenvalue weighted by Crippen LogP contribution is -2.25. The maximum absolute atomic E-state index is 13.8. The Morgan fingerprint density at radius 2 is 2.30 bits per heavy atom. The smallest absolute Gasteiger partial charge is 0.202 e. The summed E-state index contributed by atoms with van der Waals surface area (Å²) in [7, 11) is 2.08. The maximum atomic E-state index is 13.8. The number of aromatic nitrogens is 2. The second kappa shape index (κ2) is 7.11. The standard InChI is InChI=1S/C16H20ClFN4S/c1-3-14-20-16(23-21-14)19-9-11-6-7-22(2)15(11)10-4-5-12(17)13(18)8-10/h4-5,8,11,15H,3,6-7,9H2,1-2H3,(H,19,20,21). The molecule has 1 aromatic carbocycles. The second-order valence-electron chi connectivity index (χ2n) is 5.90. The third-order valence-corrected chi connectivity index (χ3v) is 5.38. The molecule has 7 heteroatoms. The fourth-order valence-corrected chi connectivity index (χ4v) is 3.92. The predicted octanol–water partition coefficient (Wildman–Crippen LogP) is 4.00. The molecule has 3 rings (SSSR count). The third kappa shape index (κ3) is 3.65. The Morgan fingerprint density at radius 3 is 3.00 bits per heavy atom. The Labute approximate surface area is 144 Å². The summed E-state index contributed by atoms with van der Waals surface area (Å²) in [5.41, 5.74) is 0.977. The molecule has 124 valence electrons. The molecule has 0 amide bonds. The number of hydrogen-bond acceptors (Lipinski definition) is 5. The summed E-state index contributed by atoms with van der Waals surface area (Å²) in [5.74, 6) is 0.916. The van der Waals surface area contributed by atoms with Crippen LogP contribution in [0.1, 0.15) is 30.8 Å². The Morgan fingerprint density at radius 1 is 1.48 bits per heavy atom. The van der Waals surface area contributed by atoms with Crippen molar-refractivity contribution in [2.24, 2.45) is 5.92 Å². The van der Waals surface area contributed by atoms with E-state index in [-0.39, 0.29) is 16.9 Å². The zero-order valence-corrected chi connectivity index (χ0v) is 14.8. The van der Waals surface area contributed by atoms with Gasteiger partial charge < -0.3 is 5.32 Å². The third-order valence-electron chi connectivity index (χ3n) is 4.36. The van der Waals surface area contributed by atoms with Crippen molar-refractivity contribution in [1.29, 1.82) is 0 Å². The molecule has 1 N–H and O–H groups in total. The van der Waals surface area contributed by atoms with Gasteiger partial charge in [0, 0.05) is 30.5 Å². The number of benzene rings is 1. The van der Waals surface area contributed by atoms with Crippen LogP contribution in [0.25, 0.3) is 0 Å². The first-order chi connectivity index (χ1) is 11.1. The molecule has 1 fully saturated rings. The van der Waals surface area contributed by atoms with Crippen molar-refractivity contribution in [3.63, 3.8) is 0 Å². The van der Waals surface area contributed by atoms with E-state index in [4.69, 9.17) is 11.6 Å². The van der Waals surface area contributed by atoms with Crippen LogP contribution in [0.3, 0.4) is 0 Å². The first kappa shape index (κ1) is 16.6. The molecule has 2 unspecified atom stereocenters. The van der Waals surface area contributed by atoms with Crippen LogP contribution in [-0.4, -0.2) is 34.4 Å². The average Bonchev–Trinajstić information content (AvgIpc) is 3.14. The van der Waals surface area contributed by atoms with Gasteiger partial charge >= 0.3 is 0 Å². The van der Waals surface area contributed by atoms with Crippen molar-refractivity contribution >= 4 is 28.3 Å². The molecular formula is C16H20ClFN4S. The first-order valence-electron chi connectivity index (χ1n) is 7.80. The Kier molecular flexibility index (Phi) is 5.14. The van der Waals surface area contributed by atoms with E-state index < -0.39 is 0 Å². The maximum Gasteiger partial charge on any atom is 0.202 e. The molecule has 2 atom stereocenters. The number of nitrogens with zero attached hydrogens (tertiary/aromatic N) is 3. The van der Waals surface area contributed by atoms with E-state index in [2.05, 4.69) is 26.6 Å². The van der Waals surface area contributed by atoms with E-state index in [0.717, 1.165) is 42.5 Å². The zero-order valence-electron chi connectivity index (χ0n) is 13.2. The number of rotatable bonds is 5. The van der Waals surface area contributed by atoms with E-state index in [1.54, 1.807) is 12.1 Å². The van der Waals surface area contributed by atoms with Crippen molar-refractivity contribution in [3.8, 4) is 0 Å². The fourth-order valence-electron chi connectivity index (χ4n) is 3.15. The number of likely N-dealkylation sites (tertiary alicyclic amines) is 1. The molecule has 4 nitrogen and oxygen atoms in total. The van der Waals surface area contributed by atoms with Gasteiger partial charge in [-0.2, -0.15) is 4.37 Å². The molecule has 0 bridgehead atoms. The normalized spacial score (nSPS) is 21.7. The van der Waals surface area contributed by atoms with Gasteiger partial charge in [0.1, 0.15) is 11.6 Å². The monoisotopic (exact) mass is 354 g/mol. The quantitative estimate of drug-likeness (QED) is 0.881. The van der Waals surface area contributed by atoms with E-state index in [1.165, 1.54) is 11.5 Å². The van der Waals surface area contributed by atoms with Gasteiger partial charge in [0.05, 0.1) is 5.02 Å². The lowest BCUT2D eigenvalue weighted by molar-refractivity contribution is 0.281. The zero-order chi connectivity index (χ0) is 16.4. The summed E-state index contributed by atoms with van der Waals surface area (Å²) in [5, 5.41) is 4.42. The number of halogens is 2. The number of anilines is 1. The summed E-state index contributed by atoms with van der Waals surface area (Å²) in [6.45, 7) is 3.85. The first-order valence-corrected chi connectivity index (χ1v) is 8.95. The minimum atomic E-state index is -0.354. The molecule has 0 radical (unpaired) electrons. The minimum Gasteiger partial charge on any atom is -0.360 e. The van der Waals surface area contributed by atoms with Crippen molar-refractivity contribution < 1.29 is 4.39 Å². The van der Waals surface area contributed by atoms with Crippen LogP contribution in [0.4, 0.5) is 9.52 Å². The van der Waals surface area contributed by atoms with Gasteiger partial charge in [-0.3, -0.25) is 4.90 Å². The summed E-state index contributed by atoms with van der Waals surface area (Å²) in [4.78, 5) is 6.71. The van der Waals surface area contributed by atoms with E-state index >= 15 is 0 Å². The summed E-state index contributed by atoms with van der Waals surface area (Å²) < 4.78 is 18.1. The average molecular weight is 355 g/mol. The van der Waals surface area contributed by atoms with Gasteiger partial charge in [0.25, 0.3) is 0 Å². The van der Waals surface area contributed by atoms with Crippen LogP contribution >= 0.6 is 23.1 Å². The number of aryl methyl sites for hydroxylation is 1. The summed E-state index contributed by atoms with van der Waals surface area (Å²) in [6, 6.07) is 5.31. The molecule has 23 heavy (non-hydrogen) atoms. The van der Waals surface area contributed by atoms with Gasteiger partial charge in [0.2, 0.25) is 5.13 Å². The van der Waals surface area contributed by atoms with Crippen molar-refractivity contribution in [3.05, 3.63) is 40.4 Å². The number of nitrogens with one attached hydrogen (secondary N) is 1. The highest BCUT2D eigenvalue weighted by atomic mass is 35.5. The SMILES string of the molecule is CCc1nsc(NCC2CCN(C)C2c2ccc(Cl)c(F)c2)n1. The van der Waals surface area contributed by atoms with Gasteiger partial charge in [-0.15, -0.1) is 0 Å². The molecule has 1 aliphatic heterocycles. The second-order valence-corrected chi connectivity index (χ2v) is 7.06. The van der Waals surface area contributed by atoms with Crippen molar-refractivity contribution in [2.45, 2.75) is 25.8 Å². The molecule has 0 aliphatic carbocycles.